The first-order chi connectivity index (χ1) is 2.64. The van der Waals surface area contributed by atoms with E-state index in [0.717, 1.165) is 0 Å². The maximum absolute atomic E-state index is 4.19. The molecule has 0 saturated heterocycles. The highest BCUT2D eigenvalue weighted by Crippen LogP contribution is 2.05. The van der Waals surface area contributed by atoms with Gasteiger partial charge in [0, 0.05) is 5.25 Å². The second-order valence-electron chi connectivity index (χ2n) is 1.98. The SMILES string of the molecule is CC(C)[C@@H](C)S. The van der Waals surface area contributed by atoms with Crippen molar-refractivity contribution in [1.29, 1.82) is 0 Å². The van der Waals surface area contributed by atoms with Gasteiger partial charge in [-0.05, 0) is 5.92 Å². The third-order valence-corrected chi connectivity index (χ3v) is 1.56. The lowest BCUT2D eigenvalue weighted by Crippen LogP contribution is -1.99. The molecule has 0 radical (unpaired) electrons. The van der Waals surface area contributed by atoms with Crippen LogP contribution in [0.15, 0.2) is 0 Å². The van der Waals surface area contributed by atoms with Gasteiger partial charge in [0.15, 0.2) is 0 Å². The van der Waals surface area contributed by atoms with Crippen LogP contribution < -0.4 is 0 Å². The van der Waals surface area contributed by atoms with Gasteiger partial charge in [0.25, 0.3) is 0 Å². The van der Waals surface area contributed by atoms with Crippen molar-refractivity contribution in [1.82, 2.24) is 0 Å². The van der Waals surface area contributed by atoms with Gasteiger partial charge < -0.3 is 0 Å². The average molecular weight is 104 g/mol. The van der Waals surface area contributed by atoms with E-state index in [1.165, 1.54) is 0 Å². The Morgan fingerprint density at radius 3 is 1.33 bits per heavy atom. The van der Waals surface area contributed by atoms with E-state index in [4.69, 9.17) is 0 Å². The first-order valence-electron chi connectivity index (χ1n) is 2.32. The maximum Gasteiger partial charge on any atom is 0.00114 e. The zero-order valence-corrected chi connectivity index (χ0v) is 5.50. The van der Waals surface area contributed by atoms with Gasteiger partial charge in [0.2, 0.25) is 0 Å². The molecule has 0 heterocycles. The molecule has 38 valence electrons. The predicted molar refractivity (Wildman–Crippen MR) is 33.3 cm³/mol. The van der Waals surface area contributed by atoms with Crippen molar-refractivity contribution in [2.45, 2.75) is 26.0 Å². The number of rotatable bonds is 1. The molecule has 0 N–H and O–H groups in total. The molecular formula is C5H12S. The monoisotopic (exact) mass is 104 g/mol. The maximum atomic E-state index is 4.19. The smallest absolute Gasteiger partial charge is 0.00114 e. The summed E-state index contributed by atoms with van der Waals surface area (Å²) in [4.78, 5) is 0. The van der Waals surface area contributed by atoms with E-state index < -0.39 is 0 Å². The molecule has 1 atom stereocenters. The lowest BCUT2D eigenvalue weighted by molar-refractivity contribution is 0.646. The van der Waals surface area contributed by atoms with E-state index >= 15 is 0 Å². The Kier molecular flexibility index (Phi) is 2.66. The molecule has 6 heavy (non-hydrogen) atoms. The van der Waals surface area contributed by atoms with Gasteiger partial charge in [0.1, 0.15) is 0 Å². The molecule has 0 spiro atoms. The van der Waals surface area contributed by atoms with Crippen LogP contribution in [0.5, 0.6) is 0 Å². The Balaban J connectivity index is 2.99. The summed E-state index contributed by atoms with van der Waals surface area (Å²) >= 11 is 4.19. The Morgan fingerprint density at radius 1 is 1.17 bits per heavy atom. The van der Waals surface area contributed by atoms with Crippen molar-refractivity contribution in [3.05, 3.63) is 0 Å². The van der Waals surface area contributed by atoms with Crippen LogP contribution in [0.1, 0.15) is 20.8 Å². The van der Waals surface area contributed by atoms with Crippen LogP contribution in [0.25, 0.3) is 0 Å². The molecule has 0 fully saturated rings. The molecule has 0 nitrogen and oxygen atoms in total. The predicted octanol–water partition coefficient (Wildman–Crippen LogP) is 1.96. The number of thiol groups is 1. The molecule has 0 unspecified atom stereocenters. The van der Waals surface area contributed by atoms with E-state index in [0.29, 0.717) is 11.2 Å². The topological polar surface area (TPSA) is 0 Å². The molecule has 0 bridgehead atoms. The van der Waals surface area contributed by atoms with Gasteiger partial charge in [-0.3, -0.25) is 0 Å². The van der Waals surface area contributed by atoms with Crippen LogP contribution in [0.3, 0.4) is 0 Å². The highest BCUT2D eigenvalue weighted by molar-refractivity contribution is 7.80. The summed E-state index contributed by atoms with van der Waals surface area (Å²) in [6, 6.07) is 0. The zero-order valence-electron chi connectivity index (χ0n) is 4.60. The van der Waals surface area contributed by atoms with Crippen molar-refractivity contribution in [2.75, 3.05) is 0 Å². The van der Waals surface area contributed by atoms with Crippen LogP contribution in [0, 0.1) is 5.92 Å². The van der Waals surface area contributed by atoms with Crippen LogP contribution in [-0.4, -0.2) is 5.25 Å². The fourth-order valence-electron chi connectivity index (χ4n) is 0. The summed E-state index contributed by atoms with van der Waals surface area (Å²) < 4.78 is 0. The van der Waals surface area contributed by atoms with Gasteiger partial charge >= 0.3 is 0 Å². The molecular weight excluding hydrogens is 92.1 g/mol. The van der Waals surface area contributed by atoms with E-state index in [-0.39, 0.29) is 0 Å². The van der Waals surface area contributed by atoms with Gasteiger partial charge in [-0.2, -0.15) is 12.6 Å². The largest absolute Gasteiger partial charge is 0.176 e. The zero-order chi connectivity index (χ0) is 5.15. The third kappa shape index (κ3) is 2.58. The quantitative estimate of drug-likeness (QED) is 0.483. The molecule has 0 aromatic heterocycles. The molecule has 0 aliphatic rings. The Bertz CT molecular complexity index is 24.9. The Hall–Kier alpha value is 0.350. The molecule has 0 amide bonds. The van der Waals surface area contributed by atoms with E-state index in [9.17, 15) is 0 Å². The van der Waals surface area contributed by atoms with E-state index in [2.05, 4.69) is 33.4 Å². The Labute approximate surface area is 45.4 Å². The van der Waals surface area contributed by atoms with Gasteiger partial charge in [0.05, 0.1) is 0 Å². The second kappa shape index (κ2) is 2.51. The van der Waals surface area contributed by atoms with Crippen molar-refractivity contribution in [3.63, 3.8) is 0 Å². The molecule has 0 aromatic rings. The fourth-order valence-corrected chi connectivity index (χ4v) is 0. The Morgan fingerprint density at radius 2 is 1.33 bits per heavy atom. The normalized spacial score (nSPS) is 15.5. The van der Waals surface area contributed by atoms with Crippen molar-refractivity contribution < 1.29 is 0 Å². The van der Waals surface area contributed by atoms with Gasteiger partial charge in [-0.25, -0.2) is 0 Å². The molecule has 0 rings (SSSR count). The first kappa shape index (κ1) is 6.35. The second-order valence-corrected chi connectivity index (χ2v) is 2.80. The standard InChI is InChI=1S/C5H12S/c1-4(2)5(3)6/h4-6H,1-3H3/t5-/m1/s1. The van der Waals surface area contributed by atoms with Gasteiger partial charge in [-0.15, -0.1) is 0 Å². The summed E-state index contributed by atoms with van der Waals surface area (Å²) in [5.74, 6) is 0.716. The highest BCUT2D eigenvalue weighted by atomic mass is 32.1. The molecule has 0 aliphatic carbocycles. The minimum Gasteiger partial charge on any atom is -0.176 e. The third-order valence-electron chi connectivity index (χ3n) is 0.965. The van der Waals surface area contributed by atoms with Crippen LogP contribution >= 0.6 is 12.6 Å². The van der Waals surface area contributed by atoms with Crippen molar-refractivity contribution in [3.8, 4) is 0 Å². The molecule has 0 saturated carbocycles. The summed E-state index contributed by atoms with van der Waals surface area (Å²) in [6.45, 7) is 6.43. The lowest BCUT2D eigenvalue weighted by atomic mass is 10.2. The number of hydrogen-bond donors (Lipinski definition) is 1. The van der Waals surface area contributed by atoms with E-state index in [1.54, 1.807) is 0 Å². The molecule has 0 aliphatic heterocycles. The molecule has 0 aromatic carbocycles. The fraction of sp³-hybridized carbons (Fsp3) is 1.00. The highest BCUT2D eigenvalue weighted by Gasteiger charge is 1.96. The van der Waals surface area contributed by atoms with Crippen LogP contribution in [0.2, 0.25) is 0 Å². The van der Waals surface area contributed by atoms with Crippen molar-refractivity contribution in [2.24, 2.45) is 5.92 Å². The number of hydrogen-bond acceptors (Lipinski definition) is 1. The van der Waals surface area contributed by atoms with Crippen LogP contribution in [0.4, 0.5) is 0 Å². The minimum absolute atomic E-state index is 0.546. The van der Waals surface area contributed by atoms with Crippen molar-refractivity contribution >= 4 is 12.6 Å². The summed E-state index contributed by atoms with van der Waals surface area (Å²) in [7, 11) is 0. The van der Waals surface area contributed by atoms with Crippen LogP contribution in [-0.2, 0) is 0 Å². The summed E-state index contributed by atoms with van der Waals surface area (Å²) in [6.07, 6.45) is 0. The van der Waals surface area contributed by atoms with E-state index in [1.807, 2.05) is 0 Å². The summed E-state index contributed by atoms with van der Waals surface area (Å²) in [5.41, 5.74) is 0. The van der Waals surface area contributed by atoms with Gasteiger partial charge in [-0.1, -0.05) is 20.8 Å². The lowest BCUT2D eigenvalue weighted by Gasteiger charge is -2.04. The molecule has 1 heteroatoms. The summed E-state index contributed by atoms with van der Waals surface area (Å²) in [5, 5.41) is 0.546. The average Bonchev–Trinajstić information content (AvgIpc) is 1.36. The minimum atomic E-state index is 0.546. The first-order valence-corrected chi connectivity index (χ1v) is 2.84.